The van der Waals surface area contributed by atoms with Crippen LogP contribution in [0.4, 0.5) is 0 Å². The van der Waals surface area contributed by atoms with E-state index in [1.54, 1.807) is 15.8 Å². The van der Waals surface area contributed by atoms with E-state index >= 15 is 0 Å². The number of fused-ring (bicyclic) bond motifs is 1. The zero-order valence-corrected chi connectivity index (χ0v) is 14.9. The molecule has 1 saturated heterocycles. The number of hydrogen-bond donors (Lipinski definition) is 2. The fourth-order valence-electron chi connectivity index (χ4n) is 3.44. The summed E-state index contributed by atoms with van der Waals surface area (Å²) in [5.74, 6) is -0.183. The molecule has 1 aliphatic heterocycles. The van der Waals surface area contributed by atoms with Crippen molar-refractivity contribution in [3.63, 3.8) is 0 Å². The molecule has 136 valence electrons. The number of hydrogen-bond acceptors (Lipinski definition) is 5. The van der Waals surface area contributed by atoms with Crippen LogP contribution in [0.5, 0.6) is 0 Å². The maximum atomic E-state index is 13.0. The summed E-state index contributed by atoms with van der Waals surface area (Å²) in [6, 6.07) is 7.70. The quantitative estimate of drug-likeness (QED) is 0.748. The van der Waals surface area contributed by atoms with Gasteiger partial charge in [-0.1, -0.05) is 23.4 Å². The number of benzene rings is 1. The Morgan fingerprint density at radius 3 is 2.92 bits per heavy atom. The maximum Gasteiger partial charge on any atom is 0.275 e. The van der Waals surface area contributed by atoms with Crippen molar-refractivity contribution in [1.82, 2.24) is 30.1 Å². The van der Waals surface area contributed by atoms with Crippen molar-refractivity contribution in [3.05, 3.63) is 41.9 Å². The molecule has 1 fully saturated rings. The Morgan fingerprint density at radius 2 is 2.15 bits per heavy atom. The van der Waals surface area contributed by atoms with E-state index in [-0.39, 0.29) is 18.5 Å². The fraction of sp³-hybridized carbons (Fsp3) is 0.444. The highest BCUT2D eigenvalue weighted by atomic mass is 16.3. The molecule has 0 spiro atoms. The number of carbonyl (C=O) groups excluding carboxylic acids is 1. The van der Waals surface area contributed by atoms with Crippen LogP contribution in [-0.2, 0) is 5.60 Å². The highest BCUT2D eigenvalue weighted by Gasteiger charge is 2.40. The number of aromatic nitrogens is 5. The van der Waals surface area contributed by atoms with Crippen LogP contribution in [-0.4, -0.2) is 54.2 Å². The zero-order valence-electron chi connectivity index (χ0n) is 14.9. The molecule has 8 nitrogen and oxygen atoms in total. The van der Waals surface area contributed by atoms with Crippen LogP contribution in [0, 0.1) is 0 Å². The minimum Gasteiger partial charge on any atom is -0.382 e. The Balaban J connectivity index is 1.60. The molecule has 3 aromatic rings. The van der Waals surface area contributed by atoms with Gasteiger partial charge in [-0.15, -0.1) is 5.10 Å². The molecule has 0 saturated carbocycles. The van der Waals surface area contributed by atoms with Crippen molar-refractivity contribution in [3.8, 4) is 0 Å². The van der Waals surface area contributed by atoms with Gasteiger partial charge in [-0.25, -0.2) is 4.68 Å². The number of nitrogens with zero attached hydrogens (tertiary/aromatic N) is 5. The molecule has 1 aliphatic rings. The first-order valence-corrected chi connectivity index (χ1v) is 8.85. The van der Waals surface area contributed by atoms with Gasteiger partial charge in [0.1, 0.15) is 11.3 Å². The SMILES string of the molecule is CC(C)n1cc(C2(O)CCCN(C(=O)c3n[nH]c4ccccc34)C2)nn1. The Kier molecular flexibility index (Phi) is 3.99. The normalized spacial score (nSPS) is 20.8. The molecule has 2 aromatic heterocycles. The lowest BCUT2D eigenvalue weighted by Gasteiger charge is -2.37. The Hall–Kier alpha value is -2.74. The van der Waals surface area contributed by atoms with Gasteiger partial charge >= 0.3 is 0 Å². The van der Waals surface area contributed by atoms with Gasteiger partial charge in [0.25, 0.3) is 5.91 Å². The summed E-state index contributed by atoms with van der Waals surface area (Å²) in [5, 5.41) is 27.2. The second-order valence-corrected chi connectivity index (χ2v) is 7.16. The number of rotatable bonds is 3. The van der Waals surface area contributed by atoms with Crippen LogP contribution >= 0.6 is 0 Å². The Labute approximate surface area is 150 Å². The average Bonchev–Trinajstić information content (AvgIpc) is 3.29. The van der Waals surface area contributed by atoms with Crippen molar-refractivity contribution >= 4 is 16.8 Å². The van der Waals surface area contributed by atoms with Gasteiger partial charge in [-0.3, -0.25) is 9.89 Å². The van der Waals surface area contributed by atoms with E-state index in [1.807, 2.05) is 38.1 Å². The van der Waals surface area contributed by atoms with E-state index in [0.717, 1.165) is 10.9 Å². The first-order chi connectivity index (χ1) is 12.5. The minimum atomic E-state index is -1.19. The minimum absolute atomic E-state index is 0.164. The van der Waals surface area contributed by atoms with E-state index in [9.17, 15) is 9.90 Å². The van der Waals surface area contributed by atoms with Crippen molar-refractivity contribution in [2.45, 2.75) is 38.3 Å². The summed E-state index contributed by atoms with van der Waals surface area (Å²) in [6.45, 7) is 4.77. The second kappa shape index (κ2) is 6.21. The van der Waals surface area contributed by atoms with Crippen molar-refractivity contribution in [2.24, 2.45) is 0 Å². The number of amides is 1. The van der Waals surface area contributed by atoms with Crippen molar-refractivity contribution < 1.29 is 9.90 Å². The second-order valence-electron chi connectivity index (χ2n) is 7.16. The molecule has 1 amide bonds. The van der Waals surface area contributed by atoms with Crippen LogP contribution in [0.3, 0.4) is 0 Å². The number of carbonyl (C=O) groups is 1. The molecule has 1 atom stereocenters. The van der Waals surface area contributed by atoms with Gasteiger partial charge in [0.05, 0.1) is 18.3 Å². The monoisotopic (exact) mass is 354 g/mol. The maximum absolute atomic E-state index is 13.0. The van der Waals surface area contributed by atoms with Gasteiger partial charge in [0, 0.05) is 18.0 Å². The molecule has 8 heteroatoms. The number of β-amino-alcohol motifs (C(OH)–C–C–N with tert-alkyl or cyclic N) is 1. The molecule has 2 N–H and O–H groups in total. The number of H-pyrrole nitrogens is 1. The highest BCUT2D eigenvalue weighted by Crippen LogP contribution is 2.31. The first-order valence-electron chi connectivity index (χ1n) is 8.85. The molecule has 1 aromatic carbocycles. The third kappa shape index (κ3) is 2.76. The summed E-state index contributed by atoms with van der Waals surface area (Å²) in [4.78, 5) is 14.7. The van der Waals surface area contributed by atoms with Crippen molar-refractivity contribution in [1.29, 1.82) is 0 Å². The average molecular weight is 354 g/mol. The predicted molar refractivity (Wildman–Crippen MR) is 95.5 cm³/mol. The molecule has 0 bridgehead atoms. The van der Waals surface area contributed by atoms with Gasteiger partial charge in [-0.05, 0) is 32.8 Å². The number of nitrogens with one attached hydrogen (secondary N) is 1. The molecule has 3 heterocycles. The first kappa shape index (κ1) is 16.7. The molecule has 1 unspecified atom stereocenters. The zero-order chi connectivity index (χ0) is 18.3. The smallest absolute Gasteiger partial charge is 0.275 e. The number of likely N-dealkylation sites (tertiary alicyclic amines) is 1. The van der Waals surface area contributed by atoms with Crippen LogP contribution < -0.4 is 0 Å². The highest BCUT2D eigenvalue weighted by molar-refractivity contribution is 6.04. The van der Waals surface area contributed by atoms with E-state index in [4.69, 9.17) is 0 Å². The summed E-state index contributed by atoms with van der Waals surface area (Å²) < 4.78 is 1.72. The number of aliphatic hydroxyl groups is 1. The summed E-state index contributed by atoms with van der Waals surface area (Å²) in [5.41, 5.74) is 0.530. The summed E-state index contributed by atoms with van der Waals surface area (Å²) in [6.07, 6.45) is 3.01. The molecule has 26 heavy (non-hydrogen) atoms. The molecule has 0 aliphatic carbocycles. The fourth-order valence-corrected chi connectivity index (χ4v) is 3.44. The lowest BCUT2D eigenvalue weighted by atomic mass is 9.89. The molecule has 0 radical (unpaired) electrons. The van der Waals surface area contributed by atoms with Crippen LogP contribution in [0.25, 0.3) is 10.9 Å². The topological polar surface area (TPSA) is 99.9 Å². The van der Waals surface area contributed by atoms with E-state index in [1.165, 1.54) is 0 Å². The summed E-state index contributed by atoms with van der Waals surface area (Å²) in [7, 11) is 0. The van der Waals surface area contributed by atoms with Crippen LogP contribution in [0.2, 0.25) is 0 Å². The van der Waals surface area contributed by atoms with Crippen LogP contribution in [0.1, 0.15) is 48.9 Å². The molecular formula is C18H22N6O2. The van der Waals surface area contributed by atoms with E-state index in [2.05, 4.69) is 20.5 Å². The lowest BCUT2D eigenvalue weighted by molar-refractivity contribution is -0.0321. The number of para-hydroxylation sites is 1. The predicted octanol–water partition coefficient (Wildman–Crippen LogP) is 1.86. The van der Waals surface area contributed by atoms with Gasteiger partial charge < -0.3 is 10.0 Å². The number of aromatic amines is 1. The van der Waals surface area contributed by atoms with Gasteiger partial charge in [0.2, 0.25) is 0 Å². The number of piperidine rings is 1. The van der Waals surface area contributed by atoms with Gasteiger partial charge in [-0.2, -0.15) is 5.10 Å². The third-order valence-electron chi connectivity index (χ3n) is 4.95. The summed E-state index contributed by atoms with van der Waals surface area (Å²) >= 11 is 0. The van der Waals surface area contributed by atoms with Gasteiger partial charge in [0.15, 0.2) is 5.69 Å². The van der Waals surface area contributed by atoms with E-state index in [0.29, 0.717) is 30.8 Å². The van der Waals surface area contributed by atoms with Crippen LogP contribution in [0.15, 0.2) is 30.5 Å². The lowest BCUT2D eigenvalue weighted by Crippen LogP contribution is -2.48. The largest absolute Gasteiger partial charge is 0.382 e. The molecule has 4 rings (SSSR count). The molecular weight excluding hydrogens is 332 g/mol. The standard InChI is InChI=1S/C18H22N6O2/c1-12(2)24-10-15(20-22-24)18(26)8-5-9-23(11-18)17(25)16-13-6-3-4-7-14(13)19-21-16/h3-4,6-7,10,12,26H,5,8-9,11H2,1-2H3,(H,19,21). The Morgan fingerprint density at radius 1 is 1.35 bits per heavy atom. The van der Waals surface area contributed by atoms with E-state index < -0.39 is 5.60 Å². The van der Waals surface area contributed by atoms with Crippen molar-refractivity contribution in [2.75, 3.05) is 13.1 Å². The Bertz CT molecular complexity index is 946. The third-order valence-corrected chi connectivity index (χ3v) is 4.95.